The molecule has 12 heteroatoms. The number of esters is 1. The Kier molecular flexibility index (Phi) is 8.92. The summed E-state index contributed by atoms with van der Waals surface area (Å²) in [5.74, 6) is -2.97. The second-order valence-corrected chi connectivity index (χ2v) is 6.35. The Morgan fingerprint density at radius 1 is 1.19 bits per heavy atom. The molecule has 0 bridgehead atoms. The average Bonchev–Trinajstić information content (AvgIpc) is 2.62. The Bertz CT molecular complexity index is 696. The van der Waals surface area contributed by atoms with Crippen LogP contribution in [0.25, 0.3) is 0 Å². The highest BCUT2D eigenvalue weighted by molar-refractivity contribution is 6.53. The molecule has 0 saturated carbocycles. The van der Waals surface area contributed by atoms with Crippen molar-refractivity contribution in [1.82, 2.24) is 5.32 Å². The van der Waals surface area contributed by atoms with E-state index < -0.39 is 59.2 Å². The quantitative estimate of drug-likeness (QED) is 0.220. The number of benzene rings is 1. The number of aliphatic carboxylic acids is 1. The summed E-state index contributed by atoms with van der Waals surface area (Å²) in [4.78, 5) is 42.9. The van der Waals surface area contributed by atoms with Crippen LogP contribution in [0.5, 0.6) is 0 Å². The highest BCUT2D eigenvalue weighted by Gasteiger charge is 2.30. The number of ether oxygens (including phenoxy) is 1. The smallest absolute Gasteiger partial charge is 0.307 e. The number of rotatable bonds is 10. The molecule has 0 heterocycles. The Morgan fingerprint density at radius 2 is 1.78 bits per heavy atom. The van der Waals surface area contributed by atoms with Gasteiger partial charge in [0.2, 0.25) is 0 Å². The fourth-order valence-corrected chi connectivity index (χ4v) is 2.17. The van der Waals surface area contributed by atoms with Gasteiger partial charge in [0.1, 0.15) is 6.10 Å². The monoisotopic (exact) mass is 422 g/mol. The van der Waals surface area contributed by atoms with Gasteiger partial charge in [0.05, 0.1) is 30.4 Å². The number of aliphatic hydroxyl groups excluding tert-OH is 1. The summed E-state index contributed by atoms with van der Waals surface area (Å²) in [5.41, 5.74) is 0.00480. The third-order valence-corrected chi connectivity index (χ3v) is 3.72. The molecule has 0 saturated heterocycles. The molecule has 0 aliphatic heterocycles. The van der Waals surface area contributed by atoms with Gasteiger partial charge < -0.3 is 20.3 Å². The minimum absolute atomic E-state index is 0.221. The lowest BCUT2D eigenvalue weighted by atomic mass is 10.0. The largest absolute Gasteiger partial charge is 0.481 e. The lowest BCUT2D eigenvalue weighted by molar-refractivity contribution is -0.384. The molecule has 2 atom stereocenters. The molecule has 1 rings (SSSR count). The van der Waals surface area contributed by atoms with E-state index in [0.717, 1.165) is 12.1 Å². The van der Waals surface area contributed by atoms with Crippen LogP contribution in [0.4, 0.5) is 5.69 Å². The number of nitrogens with zero attached hydrogens (tertiary/aromatic N) is 1. The van der Waals surface area contributed by atoms with Gasteiger partial charge in [-0.2, -0.15) is 0 Å². The van der Waals surface area contributed by atoms with E-state index in [1.165, 1.54) is 12.1 Å². The Balaban J connectivity index is 3.09. The van der Waals surface area contributed by atoms with E-state index in [0.29, 0.717) is 0 Å². The number of carboxylic acids is 1. The minimum Gasteiger partial charge on any atom is -0.481 e. The van der Waals surface area contributed by atoms with Crippen LogP contribution in [0.1, 0.15) is 24.5 Å². The van der Waals surface area contributed by atoms with Crippen molar-refractivity contribution >= 4 is 46.7 Å². The summed E-state index contributed by atoms with van der Waals surface area (Å²) in [6.07, 6.45) is -2.18. The number of carbonyl (C=O) groups excluding carboxylic acids is 2. The summed E-state index contributed by atoms with van der Waals surface area (Å²) in [7, 11) is 0. The van der Waals surface area contributed by atoms with Crippen LogP contribution in [-0.2, 0) is 19.1 Å². The molecular weight excluding hydrogens is 407 g/mol. The molecule has 148 valence electrons. The molecule has 0 aromatic heterocycles. The molecule has 1 aromatic carbocycles. The van der Waals surface area contributed by atoms with E-state index >= 15 is 0 Å². The van der Waals surface area contributed by atoms with Gasteiger partial charge >= 0.3 is 11.9 Å². The van der Waals surface area contributed by atoms with Crippen molar-refractivity contribution in [3.8, 4) is 0 Å². The summed E-state index contributed by atoms with van der Waals surface area (Å²) in [5, 5.41) is 31.3. The van der Waals surface area contributed by atoms with Crippen molar-refractivity contribution in [1.29, 1.82) is 0 Å². The number of aliphatic hydroxyl groups is 1. The molecule has 0 aliphatic rings. The van der Waals surface area contributed by atoms with E-state index in [9.17, 15) is 29.6 Å². The predicted molar refractivity (Wildman–Crippen MR) is 93.3 cm³/mol. The summed E-state index contributed by atoms with van der Waals surface area (Å²) >= 11 is 10.9. The van der Waals surface area contributed by atoms with E-state index in [1.54, 1.807) is 0 Å². The van der Waals surface area contributed by atoms with Crippen LogP contribution >= 0.6 is 23.2 Å². The maximum absolute atomic E-state index is 11.9. The zero-order chi connectivity index (χ0) is 20.6. The average molecular weight is 423 g/mol. The van der Waals surface area contributed by atoms with E-state index in [4.69, 9.17) is 33.0 Å². The number of hydrogen-bond donors (Lipinski definition) is 3. The lowest BCUT2D eigenvalue weighted by Gasteiger charge is -2.27. The van der Waals surface area contributed by atoms with Crippen molar-refractivity contribution in [2.45, 2.75) is 29.8 Å². The summed E-state index contributed by atoms with van der Waals surface area (Å²) in [6.45, 7) is -0.680. The molecule has 3 N–H and O–H groups in total. The van der Waals surface area contributed by atoms with Crippen molar-refractivity contribution in [2.75, 3.05) is 6.61 Å². The first kappa shape index (κ1) is 22.6. The van der Waals surface area contributed by atoms with Crippen LogP contribution in [0, 0.1) is 10.1 Å². The van der Waals surface area contributed by atoms with Gasteiger partial charge in [0.15, 0.2) is 4.84 Å². The van der Waals surface area contributed by atoms with Crippen molar-refractivity contribution < 1.29 is 34.3 Å². The number of halogens is 2. The molecule has 10 nitrogen and oxygen atoms in total. The molecule has 1 amide bonds. The Morgan fingerprint density at radius 3 is 2.22 bits per heavy atom. The number of amides is 1. The normalized spacial score (nSPS) is 12.9. The number of nitrogens with one attached hydrogen (secondary N) is 1. The van der Waals surface area contributed by atoms with Gasteiger partial charge in [-0.05, 0) is 17.7 Å². The van der Waals surface area contributed by atoms with Gasteiger partial charge in [-0.1, -0.05) is 23.2 Å². The molecule has 0 fully saturated rings. The minimum atomic E-state index is -1.45. The topological polar surface area (TPSA) is 156 Å². The molecule has 27 heavy (non-hydrogen) atoms. The fourth-order valence-electron chi connectivity index (χ4n) is 2.04. The van der Waals surface area contributed by atoms with Crippen molar-refractivity contribution in [2.24, 2.45) is 0 Å². The first-order valence-electron chi connectivity index (χ1n) is 7.50. The number of nitro benzene ring substituents is 1. The van der Waals surface area contributed by atoms with Crippen LogP contribution in [0.2, 0.25) is 0 Å². The van der Waals surface area contributed by atoms with Gasteiger partial charge in [-0.3, -0.25) is 24.5 Å². The van der Waals surface area contributed by atoms with E-state index in [-0.39, 0.29) is 11.3 Å². The molecule has 2 unspecified atom stereocenters. The van der Waals surface area contributed by atoms with Gasteiger partial charge in [0.25, 0.3) is 11.6 Å². The Labute approximate surface area is 163 Å². The van der Waals surface area contributed by atoms with E-state index in [1.807, 2.05) is 0 Å². The van der Waals surface area contributed by atoms with Crippen LogP contribution in [0.3, 0.4) is 0 Å². The fraction of sp³-hybridized carbons (Fsp3) is 0.400. The van der Waals surface area contributed by atoms with Gasteiger partial charge in [-0.25, -0.2) is 0 Å². The SMILES string of the molecule is O=C(O)CCC(=O)OC(c1ccc([N+](=O)[O-])cc1)C(CO)NC(=O)C(Cl)Cl. The Hall–Kier alpha value is -2.43. The molecule has 0 aliphatic carbocycles. The zero-order valence-corrected chi connectivity index (χ0v) is 15.2. The first-order chi connectivity index (χ1) is 12.6. The van der Waals surface area contributed by atoms with Crippen LogP contribution < -0.4 is 5.32 Å². The zero-order valence-electron chi connectivity index (χ0n) is 13.7. The highest BCUT2D eigenvalue weighted by atomic mass is 35.5. The predicted octanol–water partition coefficient (Wildman–Crippen LogP) is 1.32. The third kappa shape index (κ3) is 7.37. The number of carbonyl (C=O) groups is 3. The van der Waals surface area contributed by atoms with Crippen molar-refractivity contribution in [3.63, 3.8) is 0 Å². The van der Waals surface area contributed by atoms with Crippen LogP contribution in [0.15, 0.2) is 24.3 Å². The highest BCUT2D eigenvalue weighted by Crippen LogP contribution is 2.25. The molecular formula is C15H16Cl2N2O8. The lowest BCUT2D eigenvalue weighted by Crippen LogP contribution is -2.45. The summed E-state index contributed by atoms with van der Waals surface area (Å²) in [6, 6.07) is 3.68. The number of non-ortho nitro benzene ring substituents is 1. The number of nitro groups is 1. The van der Waals surface area contributed by atoms with Crippen molar-refractivity contribution in [3.05, 3.63) is 39.9 Å². The number of hydrogen-bond acceptors (Lipinski definition) is 7. The van der Waals surface area contributed by atoms with Gasteiger partial charge in [0, 0.05) is 12.1 Å². The molecule has 1 aromatic rings. The number of carboxylic acid groups (broad SMARTS) is 1. The molecule has 0 spiro atoms. The van der Waals surface area contributed by atoms with Crippen LogP contribution in [-0.4, -0.2) is 50.5 Å². The first-order valence-corrected chi connectivity index (χ1v) is 8.38. The number of alkyl halides is 2. The van der Waals surface area contributed by atoms with E-state index in [2.05, 4.69) is 5.32 Å². The van der Waals surface area contributed by atoms with Gasteiger partial charge in [-0.15, -0.1) is 0 Å². The maximum Gasteiger partial charge on any atom is 0.307 e. The summed E-state index contributed by atoms with van der Waals surface area (Å²) < 4.78 is 5.19. The maximum atomic E-state index is 11.9. The second kappa shape index (κ2) is 10.7. The molecule has 0 radical (unpaired) electrons. The second-order valence-electron chi connectivity index (χ2n) is 5.25. The standard InChI is InChI=1S/C15H16Cl2N2O8/c16-14(17)15(24)18-10(7-20)13(27-12(23)6-5-11(21)22)8-1-3-9(4-2-8)19(25)26/h1-4,10,13-14,20H,5-7H2,(H,18,24)(H,21,22). The third-order valence-electron chi connectivity index (χ3n) is 3.32.